The molecular weight excluding hydrogens is 344 g/mol. The first-order valence-electron chi connectivity index (χ1n) is 9.79. The number of rotatable bonds is 5. The Hall–Kier alpha value is -2.98. The molecule has 0 radical (unpaired) electrons. The summed E-state index contributed by atoms with van der Waals surface area (Å²) in [5, 5.41) is 6.13. The first-order chi connectivity index (χ1) is 13.5. The number of fused-ring (bicyclic) bond motifs is 1. The minimum Gasteiger partial charge on any atom is -0.324 e. The van der Waals surface area contributed by atoms with Gasteiger partial charge in [-0.2, -0.15) is 5.10 Å². The molecule has 0 unspecified atom stereocenters. The number of aryl methyl sites for hydroxylation is 1. The van der Waals surface area contributed by atoms with Crippen molar-refractivity contribution in [3.05, 3.63) is 83.7 Å². The van der Waals surface area contributed by atoms with Gasteiger partial charge < -0.3 is 5.73 Å². The van der Waals surface area contributed by atoms with Crippen LogP contribution in [0.3, 0.4) is 0 Å². The minimum atomic E-state index is -0.145. The lowest BCUT2D eigenvalue weighted by atomic mass is 9.94. The minimum absolute atomic E-state index is 0.145. The van der Waals surface area contributed by atoms with E-state index in [1.807, 2.05) is 31.2 Å². The molecule has 0 aliphatic heterocycles. The molecule has 4 rings (SSSR count). The van der Waals surface area contributed by atoms with E-state index in [2.05, 4.69) is 66.0 Å². The van der Waals surface area contributed by atoms with Crippen LogP contribution in [-0.2, 0) is 6.42 Å². The van der Waals surface area contributed by atoms with Crippen LogP contribution in [0.4, 0.5) is 0 Å². The van der Waals surface area contributed by atoms with Crippen LogP contribution in [0, 0.1) is 6.92 Å². The zero-order valence-corrected chi connectivity index (χ0v) is 16.6. The van der Waals surface area contributed by atoms with Crippen LogP contribution in [0.2, 0.25) is 0 Å². The maximum absolute atomic E-state index is 6.65. The van der Waals surface area contributed by atoms with E-state index in [4.69, 9.17) is 10.8 Å². The second kappa shape index (κ2) is 7.56. The highest BCUT2D eigenvalue weighted by atomic mass is 15.3. The first-order valence-corrected chi connectivity index (χ1v) is 9.79. The predicted octanol–water partition coefficient (Wildman–Crippen LogP) is 5.23. The average molecular weight is 371 g/mol. The highest BCUT2D eigenvalue weighted by molar-refractivity contribution is 5.94. The van der Waals surface area contributed by atoms with Gasteiger partial charge in [-0.25, -0.2) is 0 Å². The molecule has 4 nitrogen and oxygen atoms in total. The summed E-state index contributed by atoms with van der Waals surface area (Å²) < 4.78 is 2.09. The fourth-order valence-electron chi connectivity index (χ4n) is 3.77. The molecule has 0 aliphatic rings. The third-order valence-corrected chi connectivity index (χ3v) is 5.09. The Kier molecular flexibility index (Phi) is 4.97. The van der Waals surface area contributed by atoms with Gasteiger partial charge in [-0.15, -0.1) is 0 Å². The van der Waals surface area contributed by atoms with Crippen molar-refractivity contribution < 1.29 is 0 Å². The van der Waals surface area contributed by atoms with Gasteiger partial charge in [0.2, 0.25) is 0 Å². The molecule has 0 fully saturated rings. The number of nitrogens with zero attached hydrogens (tertiary/aromatic N) is 3. The summed E-state index contributed by atoms with van der Waals surface area (Å²) in [6.45, 7) is 6.32. The number of benzene rings is 2. The standard InChI is InChI=1S/C24H26N4/c1-16(2)28-23-14-7-6-13-21(23)24(27-28)20-12-5-4-11-19(20)22(25)15-18-10-8-9-17(3)26-18/h4-14,16,22H,15,25H2,1-3H3/t22-/m0/s1. The van der Waals surface area contributed by atoms with Gasteiger partial charge in [-0.1, -0.05) is 48.5 Å². The first kappa shape index (κ1) is 18.4. The maximum atomic E-state index is 6.65. The van der Waals surface area contributed by atoms with Crippen LogP contribution in [0.5, 0.6) is 0 Å². The van der Waals surface area contributed by atoms with Gasteiger partial charge in [0.05, 0.1) is 5.52 Å². The molecule has 0 spiro atoms. The van der Waals surface area contributed by atoms with Crippen LogP contribution >= 0.6 is 0 Å². The molecule has 2 aromatic carbocycles. The molecule has 0 saturated heterocycles. The lowest BCUT2D eigenvalue weighted by Gasteiger charge is -2.16. The summed E-state index contributed by atoms with van der Waals surface area (Å²) in [6.07, 6.45) is 0.696. The highest BCUT2D eigenvalue weighted by Gasteiger charge is 2.19. The number of para-hydroxylation sites is 1. The van der Waals surface area contributed by atoms with E-state index in [0.717, 1.165) is 39.1 Å². The molecule has 1 atom stereocenters. The Labute approximate surface area is 166 Å². The molecule has 4 aromatic rings. The highest BCUT2D eigenvalue weighted by Crippen LogP contribution is 2.34. The smallest absolute Gasteiger partial charge is 0.100 e. The summed E-state index contributed by atoms with van der Waals surface area (Å²) in [6, 6.07) is 23.0. The summed E-state index contributed by atoms with van der Waals surface area (Å²) >= 11 is 0. The molecule has 4 heteroatoms. The van der Waals surface area contributed by atoms with Crippen molar-refractivity contribution in [2.75, 3.05) is 0 Å². The van der Waals surface area contributed by atoms with E-state index >= 15 is 0 Å². The summed E-state index contributed by atoms with van der Waals surface area (Å²) in [7, 11) is 0. The molecule has 0 aliphatic carbocycles. The summed E-state index contributed by atoms with van der Waals surface area (Å²) in [5.74, 6) is 0. The van der Waals surface area contributed by atoms with Gasteiger partial charge in [0.25, 0.3) is 0 Å². The SMILES string of the molecule is Cc1cccc(C[C@H](N)c2ccccc2-c2nn(C(C)C)c3ccccc23)n1. The van der Waals surface area contributed by atoms with Gasteiger partial charge in [-0.3, -0.25) is 9.67 Å². The molecule has 2 aromatic heterocycles. The molecule has 2 heterocycles. The van der Waals surface area contributed by atoms with Crippen molar-refractivity contribution in [2.24, 2.45) is 5.73 Å². The number of hydrogen-bond donors (Lipinski definition) is 1. The zero-order chi connectivity index (χ0) is 19.7. The lowest BCUT2D eigenvalue weighted by molar-refractivity contribution is 0.552. The second-order valence-corrected chi connectivity index (χ2v) is 7.57. The van der Waals surface area contributed by atoms with Crippen LogP contribution in [0.1, 0.15) is 42.9 Å². The molecule has 142 valence electrons. The van der Waals surface area contributed by atoms with E-state index in [1.165, 1.54) is 0 Å². The lowest BCUT2D eigenvalue weighted by Crippen LogP contribution is -2.15. The Morgan fingerprint density at radius 2 is 1.68 bits per heavy atom. The molecule has 0 saturated carbocycles. The fourth-order valence-corrected chi connectivity index (χ4v) is 3.77. The predicted molar refractivity (Wildman–Crippen MR) is 115 cm³/mol. The fraction of sp³-hybridized carbons (Fsp3) is 0.250. The van der Waals surface area contributed by atoms with Crippen LogP contribution in [-0.4, -0.2) is 14.8 Å². The third kappa shape index (κ3) is 3.43. The van der Waals surface area contributed by atoms with Crippen molar-refractivity contribution in [1.82, 2.24) is 14.8 Å². The maximum Gasteiger partial charge on any atom is 0.100 e. The topological polar surface area (TPSA) is 56.7 Å². The van der Waals surface area contributed by atoms with Gasteiger partial charge in [0.1, 0.15) is 5.69 Å². The number of hydrogen-bond acceptors (Lipinski definition) is 3. The third-order valence-electron chi connectivity index (χ3n) is 5.09. The quantitative estimate of drug-likeness (QED) is 0.523. The summed E-state index contributed by atoms with van der Waals surface area (Å²) in [4.78, 5) is 4.62. The van der Waals surface area contributed by atoms with Crippen molar-refractivity contribution in [2.45, 2.75) is 39.3 Å². The van der Waals surface area contributed by atoms with Crippen molar-refractivity contribution in [1.29, 1.82) is 0 Å². The normalized spacial score (nSPS) is 12.6. The zero-order valence-electron chi connectivity index (χ0n) is 16.6. The molecular formula is C24H26N4. The molecule has 0 amide bonds. The Bertz CT molecular complexity index is 1110. The monoisotopic (exact) mass is 370 g/mol. The van der Waals surface area contributed by atoms with E-state index in [1.54, 1.807) is 0 Å². The van der Waals surface area contributed by atoms with Crippen molar-refractivity contribution >= 4 is 10.9 Å². The van der Waals surface area contributed by atoms with Gasteiger partial charge in [0.15, 0.2) is 0 Å². The van der Waals surface area contributed by atoms with E-state index in [0.29, 0.717) is 6.42 Å². The van der Waals surface area contributed by atoms with E-state index < -0.39 is 0 Å². The van der Waals surface area contributed by atoms with Crippen molar-refractivity contribution in [3.8, 4) is 11.3 Å². The molecule has 28 heavy (non-hydrogen) atoms. The number of nitrogens with two attached hydrogens (primary N) is 1. The van der Waals surface area contributed by atoms with Crippen molar-refractivity contribution in [3.63, 3.8) is 0 Å². The Morgan fingerprint density at radius 1 is 0.929 bits per heavy atom. The Balaban J connectivity index is 1.79. The van der Waals surface area contributed by atoms with Gasteiger partial charge in [0, 0.05) is 40.8 Å². The van der Waals surface area contributed by atoms with Crippen LogP contribution in [0.25, 0.3) is 22.2 Å². The molecule has 0 bridgehead atoms. The average Bonchev–Trinajstić information content (AvgIpc) is 3.08. The summed E-state index contributed by atoms with van der Waals surface area (Å²) in [5.41, 5.74) is 13.0. The number of aromatic nitrogens is 3. The van der Waals surface area contributed by atoms with E-state index in [-0.39, 0.29) is 12.1 Å². The number of pyridine rings is 1. The van der Waals surface area contributed by atoms with Gasteiger partial charge >= 0.3 is 0 Å². The largest absolute Gasteiger partial charge is 0.324 e. The van der Waals surface area contributed by atoms with Crippen LogP contribution in [0.15, 0.2) is 66.7 Å². The van der Waals surface area contributed by atoms with Gasteiger partial charge in [-0.05, 0) is 44.5 Å². The second-order valence-electron chi connectivity index (χ2n) is 7.57. The van der Waals surface area contributed by atoms with Crippen LogP contribution < -0.4 is 5.73 Å². The molecule has 2 N–H and O–H groups in total. The Morgan fingerprint density at radius 3 is 2.46 bits per heavy atom. The van der Waals surface area contributed by atoms with E-state index in [9.17, 15) is 0 Å².